The van der Waals surface area contributed by atoms with E-state index in [2.05, 4.69) is 11.1 Å². The van der Waals surface area contributed by atoms with Gasteiger partial charge < -0.3 is 4.74 Å². The van der Waals surface area contributed by atoms with Gasteiger partial charge in [-0.1, -0.05) is 6.92 Å². The highest BCUT2D eigenvalue weighted by Gasteiger charge is 2.38. The molecule has 1 unspecified atom stereocenters. The summed E-state index contributed by atoms with van der Waals surface area (Å²) in [6, 6.07) is 5.89. The van der Waals surface area contributed by atoms with Crippen LogP contribution in [0.5, 0.6) is 5.75 Å². The number of rotatable bonds is 1. The molecule has 13 heavy (non-hydrogen) atoms. The molecule has 66 valence electrons. The summed E-state index contributed by atoms with van der Waals surface area (Å²) in [5, 5.41) is 8.99. The van der Waals surface area contributed by atoms with E-state index in [1.165, 1.54) is 0 Å². The lowest BCUT2D eigenvalue weighted by atomic mass is 9.99. The second kappa shape index (κ2) is 2.74. The van der Waals surface area contributed by atoms with Crippen molar-refractivity contribution in [3.05, 3.63) is 24.0 Å². The second-order valence-corrected chi connectivity index (χ2v) is 3.19. The van der Waals surface area contributed by atoms with Gasteiger partial charge in [-0.15, -0.1) is 0 Å². The van der Waals surface area contributed by atoms with Crippen LogP contribution in [0, 0.1) is 11.3 Å². The molecule has 1 aliphatic rings. The molecular weight excluding hydrogens is 164 g/mol. The summed E-state index contributed by atoms with van der Waals surface area (Å²) >= 11 is 0. The topological polar surface area (TPSA) is 45.9 Å². The predicted octanol–water partition coefficient (Wildman–Crippen LogP) is 1.69. The third kappa shape index (κ3) is 1.15. The first-order valence-electron chi connectivity index (χ1n) is 4.34. The number of hydrogen-bond acceptors (Lipinski definition) is 3. The summed E-state index contributed by atoms with van der Waals surface area (Å²) in [6.45, 7) is 1.95. The van der Waals surface area contributed by atoms with E-state index in [9.17, 15) is 0 Å². The number of fused-ring (bicyclic) bond motifs is 1. The van der Waals surface area contributed by atoms with Gasteiger partial charge in [-0.2, -0.15) is 5.26 Å². The maximum atomic E-state index is 8.99. The Bertz CT molecular complexity index is 342. The van der Waals surface area contributed by atoms with Gasteiger partial charge in [0, 0.05) is 12.6 Å². The Hall–Kier alpha value is -1.56. The Balaban J connectivity index is 2.37. The zero-order valence-electron chi connectivity index (χ0n) is 7.45. The lowest BCUT2D eigenvalue weighted by Gasteiger charge is -2.17. The number of hydrogen-bond donors (Lipinski definition) is 0. The average Bonchev–Trinajstić information content (AvgIpc) is 2.57. The molecule has 1 atom stereocenters. The number of ether oxygens (including phenoxy) is 1. The van der Waals surface area contributed by atoms with Crippen LogP contribution in [0.1, 0.15) is 19.0 Å². The lowest BCUT2D eigenvalue weighted by Crippen LogP contribution is -2.31. The SMILES string of the molecule is CCC1(C#N)Cc2ncccc2O1. The molecule has 0 amide bonds. The molecule has 3 heteroatoms. The molecule has 2 heterocycles. The van der Waals surface area contributed by atoms with Crippen LogP contribution in [0.25, 0.3) is 0 Å². The first kappa shape index (κ1) is 8.06. The molecule has 2 rings (SSSR count). The fourth-order valence-corrected chi connectivity index (χ4v) is 1.50. The molecule has 1 aromatic rings. The van der Waals surface area contributed by atoms with Crippen LogP contribution in [0.15, 0.2) is 18.3 Å². The molecule has 0 aromatic carbocycles. The van der Waals surface area contributed by atoms with Crippen molar-refractivity contribution in [2.24, 2.45) is 0 Å². The Labute approximate surface area is 77.0 Å². The van der Waals surface area contributed by atoms with E-state index >= 15 is 0 Å². The average molecular weight is 174 g/mol. The van der Waals surface area contributed by atoms with Crippen molar-refractivity contribution in [2.75, 3.05) is 0 Å². The minimum absolute atomic E-state index is 0.607. The summed E-state index contributed by atoms with van der Waals surface area (Å²) in [7, 11) is 0. The molecule has 1 aromatic heterocycles. The van der Waals surface area contributed by atoms with Crippen LogP contribution in [-0.2, 0) is 6.42 Å². The van der Waals surface area contributed by atoms with Gasteiger partial charge in [0.15, 0.2) is 5.60 Å². The van der Waals surface area contributed by atoms with Crippen LogP contribution >= 0.6 is 0 Å². The van der Waals surface area contributed by atoms with Crippen LogP contribution in [-0.4, -0.2) is 10.6 Å². The summed E-state index contributed by atoms with van der Waals surface area (Å²) in [4.78, 5) is 4.17. The highest BCUT2D eigenvalue weighted by molar-refractivity contribution is 5.36. The molecule has 0 saturated heterocycles. The maximum Gasteiger partial charge on any atom is 0.199 e. The molecule has 0 bridgehead atoms. The van der Waals surface area contributed by atoms with E-state index in [1.54, 1.807) is 6.20 Å². The van der Waals surface area contributed by atoms with Crippen molar-refractivity contribution in [2.45, 2.75) is 25.4 Å². The van der Waals surface area contributed by atoms with E-state index < -0.39 is 5.60 Å². The highest BCUT2D eigenvalue weighted by atomic mass is 16.5. The highest BCUT2D eigenvalue weighted by Crippen LogP contribution is 2.34. The Morgan fingerprint density at radius 3 is 3.23 bits per heavy atom. The van der Waals surface area contributed by atoms with Crippen molar-refractivity contribution in [3.8, 4) is 11.8 Å². The fraction of sp³-hybridized carbons (Fsp3) is 0.400. The van der Waals surface area contributed by atoms with Gasteiger partial charge in [-0.3, -0.25) is 4.98 Å². The predicted molar refractivity (Wildman–Crippen MR) is 47.2 cm³/mol. The summed E-state index contributed by atoms with van der Waals surface area (Å²) in [5.41, 5.74) is 0.224. The van der Waals surface area contributed by atoms with E-state index in [0.717, 1.165) is 11.4 Å². The molecule has 0 fully saturated rings. The van der Waals surface area contributed by atoms with E-state index in [4.69, 9.17) is 10.00 Å². The molecule has 0 aliphatic carbocycles. The monoisotopic (exact) mass is 174 g/mol. The minimum atomic E-state index is -0.670. The zero-order valence-corrected chi connectivity index (χ0v) is 7.45. The second-order valence-electron chi connectivity index (χ2n) is 3.19. The molecule has 1 aliphatic heterocycles. The van der Waals surface area contributed by atoms with E-state index in [-0.39, 0.29) is 0 Å². The first-order chi connectivity index (χ1) is 6.29. The number of aromatic nitrogens is 1. The third-order valence-electron chi connectivity index (χ3n) is 2.38. The van der Waals surface area contributed by atoms with Gasteiger partial charge in [-0.05, 0) is 18.6 Å². The third-order valence-corrected chi connectivity index (χ3v) is 2.38. The van der Waals surface area contributed by atoms with Crippen molar-refractivity contribution < 1.29 is 4.74 Å². The van der Waals surface area contributed by atoms with Gasteiger partial charge in [0.1, 0.15) is 11.8 Å². The molecule has 0 N–H and O–H groups in total. The van der Waals surface area contributed by atoms with E-state index in [0.29, 0.717) is 12.8 Å². The Morgan fingerprint density at radius 2 is 2.62 bits per heavy atom. The Morgan fingerprint density at radius 1 is 1.77 bits per heavy atom. The van der Waals surface area contributed by atoms with Crippen molar-refractivity contribution in [3.63, 3.8) is 0 Å². The van der Waals surface area contributed by atoms with Gasteiger partial charge in [0.05, 0.1) is 5.69 Å². The van der Waals surface area contributed by atoms with Gasteiger partial charge in [-0.25, -0.2) is 0 Å². The molecule has 0 radical (unpaired) electrons. The number of nitriles is 1. The standard InChI is InChI=1S/C10H10N2O/c1-2-10(7-11)6-8-9(13-10)4-3-5-12-8/h3-5H,2,6H2,1H3. The maximum absolute atomic E-state index is 8.99. The van der Waals surface area contributed by atoms with Crippen molar-refractivity contribution in [1.82, 2.24) is 4.98 Å². The molecule has 3 nitrogen and oxygen atoms in total. The number of nitrogens with zero attached hydrogens (tertiary/aromatic N) is 2. The fourth-order valence-electron chi connectivity index (χ4n) is 1.50. The molecule has 0 saturated carbocycles. The first-order valence-corrected chi connectivity index (χ1v) is 4.34. The zero-order chi connectivity index (χ0) is 9.31. The van der Waals surface area contributed by atoms with Gasteiger partial charge >= 0.3 is 0 Å². The number of pyridine rings is 1. The molecule has 0 spiro atoms. The summed E-state index contributed by atoms with van der Waals surface area (Å²) < 4.78 is 5.57. The molecular formula is C10H10N2O. The van der Waals surface area contributed by atoms with Crippen molar-refractivity contribution in [1.29, 1.82) is 5.26 Å². The van der Waals surface area contributed by atoms with Crippen LogP contribution in [0.2, 0.25) is 0 Å². The van der Waals surface area contributed by atoms with Crippen LogP contribution in [0.4, 0.5) is 0 Å². The van der Waals surface area contributed by atoms with Gasteiger partial charge in [0.2, 0.25) is 0 Å². The largest absolute Gasteiger partial charge is 0.470 e. The summed E-state index contributed by atoms with van der Waals surface area (Å²) in [5.74, 6) is 0.755. The van der Waals surface area contributed by atoms with Crippen LogP contribution < -0.4 is 4.74 Å². The van der Waals surface area contributed by atoms with Crippen LogP contribution in [0.3, 0.4) is 0 Å². The smallest absolute Gasteiger partial charge is 0.199 e. The normalized spacial score (nSPS) is 24.6. The lowest BCUT2D eigenvalue weighted by molar-refractivity contribution is 0.152. The minimum Gasteiger partial charge on any atom is -0.470 e. The van der Waals surface area contributed by atoms with E-state index in [1.807, 2.05) is 19.1 Å². The van der Waals surface area contributed by atoms with Crippen molar-refractivity contribution >= 4 is 0 Å². The van der Waals surface area contributed by atoms with Gasteiger partial charge in [0.25, 0.3) is 0 Å². The summed E-state index contributed by atoms with van der Waals surface area (Å²) in [6.07, 6.45) is 3.03. The quantitative estimate of drug-likeness (QED) is 0.650. The Kier molecular flexibility index (Phi) is 1.70.